The molecule has 1 aromatic heterocycles. The molecule has 0 aliphatic carbocycles. The van der Waals surface area contributed by atoms with Crippen LogP contribution in [0.5, 0.6) is 0 Å². The Morgan fingerprint density at radius 2 is 2.06 bits per heavy atom. The second kappa shape index (κ2) is 6.36. The van der Waals surface area contributed by atoms with E-state index < -0.39 is 0 Å². The molecule has 0 fully saturated rings. The molecule has 0 radical (unpaired) electrons. The summed E-state index contributed by atoms with van der Waals surface area (Å²) in [6.45, 7) is 6.69. The number of rotatable bonds is 6. The summed E-state index contributed by atoms with van der Waals surface area (Å²) in [5, 5.41) is 3.35. The standard InChI is InChI=1S/C13H23N3/c1-10(2)6-4-7-11(3)16-13-12(14)8-5-9-15-13/h5,8-11H,4,6-7,14H2,1-3H3,(H,15,16). The molecule has 1 rings (SSSR count). The van der Waals surface area contributed by atoms with E-state index in [1.165, 1.54) is 12.8 Å². The van der Waals surface area contributed by atoms with E-state index in [2.05, 4.69) is 31.1 Å². The lowest BCUT2D eigenvalue weighted by molar-refractivity contribution is 0.520. The molecule has 3 N–H and O–H groups in total. The summed E-state index contributed by atoms with van der Waals surface area (Å²) < 4.78 is 0. The number of nitrogens with two attached hydrogens (primary N) is 1. The zero-order valence-corrected chi connectivity index (χ0v) is 10.5. The Labute approximate surface area is 98.5 Å². The summed E-state index contributed by atoms with van der Waals surface area (Å²) in [5.41, 5.74) is 6.54. The molecule has 0 bridgehead atoms. The Morgan fingerprint density at radius 1 is 1.31 bits per heavy atom. The van der Waals surface area contributed by atoms with Gasteiger partial charge in [0.15, 0.2) is 0 Å². The van der Waals surface area contributed by atoms with Crippen molar-refractivity contribution in [3.8, 4) is 0 Å². The highest BCUT2D eigenvalue weighted by atomic mass is 15.0. The number of hydrogen-bond donors (Lipinski definition) is 2. The largest absolute Gasteiger partial charge is 0.396 e. The number of nitrogens with one attached hydrogen (secondary N) is 1. The summed E-state index contributed by atoms with van der Waals surface area (Å²) in [6.07, 6.45) is 5.45. The molecule has 0 saturated carbocycles. The van der Waals surface area contributed by atoms with E-state index in [9.17, 15) is 0 Å². The molecule has 90 valence electrons. The van der Waals surface area contributed by atoms with Crippen molar-refractivity contribution in [1.82, 2.24) is 4.98 Å². The van der Waals surface area contributed by atoms with Crippen molar-refractivity contribution in [2.75, 3.05) is 11.1 Å². The Morgan fingerprint density at radius 3 is 2.69 bits per heavy atom. The summed E-state index contributed by atoms with van der Waals surface area (Å²) in [7, 11) is 0. The van der Waals surface area contributed by atoms with E-state index in [0.717, 1.165) is 23.8 Å². The van der Waals surface area contributed by atoms with Crippen molar-refractivity contribution >= 4 is 11.5 Å². The summed E-state index contributed by atoms with van der Waals surface area (Å²) >= 11 is 0. The van der Waals surface area contributed by atoms with Crippen molar-refractivity contribution in [1.29, 1.82) is 0 Å². The third-order valence-electron chi connectivity index (χ3n) is 2.64. The number of hydrogen-bond acceptors (Lipinski definition) is 3. The molecule has 0 aliphatic rings. The fourth-order valence-corrected chi connectivity index (χ4v) is 1.68. The van der Waals surface area contributed by atoms with Gasteiger partial charge in [0.2, 0.25) is 0 Å². The van der Waals surface area contributed by atoms with Crippen LogP contribution in [0.1, 0.15) is 40.0 Å². The van der Waals surface area contributed by atoms with Crippen LogP contribution in [0.2, 0.25) is 0 Å². The SMILES string of the molecule is CC(C)CCCC(C)Nc1ncccc1N. The Kier molecular flexibility index (Phi) is 5.09. The van der Waals surface area contributed by atoms with Gasteiger partial charge in [-0.2, -0.15) is 0 Å². The third-order valence-corrected chi connectivity index (χ3v) is 2.64. The first-order valence-electron chi connectivity index (χ1n) is 6.06. The number of nitrogen functional groups attached to an aromatic ring is 1. The molecule has 16 heavy (non-hydrogen) atoms. The maximum absolute atomic E-state index is 5.82. The molecular formula is C13H23N3. The maximum Gasteiger partial charge on any atom is 0.149 e. The molecule has 0 aliphatic heterocycles. The Balaban J connectivity index is 2.34. The Hall–Kier alpha value is -1.25. The van der Waals surface area contributed by atoms with Gasteiger partial charge in [-0.3, -0.25) is 0 Å². The van der Waals surface area contributed by atoms with Gasteiger partial charge >= 0.3 is 0 Å². The molecule has 3 nitrogen and oxygen atoms in total. The molecule has 1 atom stereocenters. The molecule has 0 saturated heterocycles. The van der Waals surface area contributed by atoms with Gasteiger partial charge in [-0.05, 0) is 31.4 Å². The average Bonchev–Trinajstić information content (AvgIpc) is 2.21. The van der Waals surface area contributed by atoms with Crippen LogP contribution in [0.4, 0.5) is 11.5 Å². The van der Waals surface area contributed by atoms with E-state index in [4.69, 9.17) is 5.73 Å². The van der Waals surface area contributed by atoms with Crippen LogP contribution in [-0.2, 0) is 0 Å². The minimum absolute atomic E-state index is 0.427. The molecule has 1 unspecified atom stereocenters. The molecule has 1 heterocycles. The number of anilines is 2. The van der Waals surface area contributed by atoms with Crippen LogP contribution in [0.15, 0.2) is 18.3 Å². The topological polar surface area (TPSA) is 50.9 Å². The zero-order chi connectivity index (χ0) is 12.0. The smallest absolute Gasteiger partial charge is 0.149 e. The third kappa shape index (κ3) is 4.51. The minimum Gasteiger partial charge on any atom is -0.396 e. The summed E-state index contributed by atoms with van der Waals surface area (Å²) in [4.78, 5) is 4.23. The number of pyridine rings is 1. The van der Waals surface area contributed by atoms with Gasteiger partial charge in [-0.1, -0.05) is 26.7 Å². The van der Waals surface area contributed by atoms with Crippen molar-refractivity contribution in [3.05, 3.63) is 18.3 Å². The number of aromatic nitrogens is 1. The predicted octanol–water partition coefficient (Wildman–Crippen LogP) is 3.29. The maximum atomic E-state index is 5.82. The second-order valence-electron chi connectivity index (χ2n) is 4.81. The molecule has 1 aromatic rings. The first-order chi connectivity index (χ1) is 7.59. The van der Waals surface area contributed by atoms with Gasteiger partial charge in [0.25, 0.3) is 0 Å². The van der Waals surface area contributed by atoms with E-state index in [0.29, 0.717) is 6.04 Å². The zero-order valence-electron chi connectivity index (χ0n) is 10.5. The van der Waals surface area contributed by atoms with Gasteiger partial charge in [-0.15, -0.1) is 0 Å². The van der Waals surface area contributed by atoms with Crippen molar-refractivity contribution in [2.24, 2.45) is 5.92 Å². The lowest BCUT2D eigenvalue weighted by Crippen LogP contribution is -2.17. The van der Waals surface area contributed by atoms with E-state index >= 15 is 0 Å². The van der Waals surface area contributed by atoms with Crippen molar-refractivity contribution in [3.63, 3.8) is 0 Å². The molecule has 0 aromatic carbocycles. The van der Waals surface area contributed by atoms with Crippen LogP contribution in [-0.4, -0.2) is 11.0 Å². The average molecular weight is 221 g/mol. The van der Waals surface area contributed by atoms with Crippen LogP contribution >= 0.6 is 0 Å². The lowest BCUT2D eigenvalue weighted by Gasteiger charge is -2.16. The summed E-state index contributed by atoms with van der Waals surface area (Å²) in [6, 6.07) is 4.15. The monoisotopic (exact) mass is 221 g/mol. The minimum atomic E-state index is 0.427. The Bertz CT molecular complexity index is 310. The van der Waals surface area contributed by atoms with Gasteiger partial charge in [0.05, 0.1) is 5.69 Å². The van der Waals surface area contributed by atoms with Crippen LogP contribution in [0.3, 0.4) is 0 Å². The normalized spacial score (nSPS) is 12.8. The second-order valence-corrected chi connectivity index (χ2v) is 4.81. The molecule has 3 heteroatoms. The van der Waals surface area contributed by atoms with Crippen molar-refractivity contribution in [2.45, 2.75) is 46.1 Å². The highest BCUT2D eigenvalue weighted by Gasteiger charge is 2.05. The first-order valence-corrected chi connectivity index (χ1v) is 6.06. The predicted molar refractivity (Wildman–Crippen MR) is 70.4 cm³/mol. The molecular weight excluding hydrogens is 198 g/mol. The van der Waals surface area contributed by atoms with Crippen LogP contribution in [0.25, 0.3) is 0 Å². The van der Waals surface area contributed by atoms with E-state index in [1.54, 1.807) is 6.20 Å². The van der Waals surface area contributed by atoms with Gasteiger partial charge < -0.3 is 11.1 Å². The fourth-order valence-electron chi connectivity index (χ4n) is 1.68. The summed E-state index contributed by atoms with van der Waals surface area (Å²) in [5.74, 6) is 1.59. The molecule has 0 amide bonds. The highest BCUT2D eigenvalue weighted by Crippen LogP contribution is 2.16. The first kappa shape index (κ1) is 12.8. The van der Waals surface area contributed by atoms with Crippen LogP contribution in [0, 0.1) is 5.92 Å². The van der Waals surface area contributed by atoms with Gasteiger partial charge in [0.1, 0.15) is 5.82 Å². The van der Waals surface area contributed by atoms with Gasteiger partial charge in [-0.25, -0.2) is 4.98 Å². The van der Waals surface area contributed by atoms with Crippen LogP contribution < -0.4 is 11.1 Å². The van der Waals surface area contributed by atoms with Crippen molar-refractivity contribution < 1.29 is 0 Å². The quantitative estimate of drug-likeness (QED) is 0.775. The van der Waals surface area contributed by atoms with E-state index in [1.807, 2.05) is 12.1 Å². The number of nitrogens with zero attached hydrogens (tertiary/aromatic N) is 1. The highest BCUT2D eigenvalue weighted by molar-refractivity contribution is 5.60. The lowest BCUT2D eigenvalue weighted by atomic mass is 10.0. The fraction of sp³-hybridized carbons (Fsp3) is 0.615. The molecule has 0 spiro atoms. The van der Waals surface area contributed by atoms with Gasteiger partial charge in [0, 0.05) is 12.2 Å². The van der Waals surface area contributed by atoms with E-state index in [-0.39, 0.29) is 0 Å².